The molecule has 3 rings (SSSR count). The van der Waals surface area contributed by atoms with Crippen molar-refractivity contribution >= 4 is 52.2 Å². The fourth-order valence-corrected chi connectivity index (χ4v) is 3.19. The Hall–Kier alpha value is -2.41. The molecule has 0 unspecified atom stereocenters. The zero-order valence-electron chi connectivity index (χ0n) is 12.5. The van der Waals surface area contributed by atoms with E-state index in [4.69, 9.17) is 40.5 Å². The van der Waals surface area contributed by atoms with E-state index in [-0.39, 0.29) is 21.6 Å². The summed E-state index contributed by atoms with van der Waals surface area (Å²) < 4.78 is 1.12. The van der Waals surface area contributed by atoms with Crippen molar-refractivity contribution in [1.82, 2.24) is 9.78 Å². The molecule has 0 atom stereocenters. The van der Waals surface area contributed by atoms with Gasteiger partial charge >= 0.3 is 0 Å². The van der Waals surface area contributed by atoms with Crippen LogP contribution >= 0.6 is 34.8 Å². The number of hydrogen-bond acceptors (Lipinski definition) is 3. The molecule has 0 radical (unpaired) electrons. The third kappa shape index (κ3) is 3.66. The lowest BCUT2D eigenvalue weighted by molar-refractivity contribution is 0.102. The van der Waals surface area contributed by atoms with Gasteiger partial charge in [0.25, 0.3) is 11.5 Å². The van der Waals surface area contributed by atoms with Gasteiger partial charge in [-0.05, 0) is 36.4 Å². The van der Waals surface area contributed by atoms with Crippen LogP contribution in [0.15, 0.2) is 47.3 Å². The smallest absolute Gasteiger partial charge is 0.273 e. The monoisotopic (exact) mass is 396 g/mol. The van der Waals surface area contributed by atoms with Crippen LogP contribution in [0.5, 0.6) is 0 Å². The van der Waals surface area contributed by atoms with Crippen LogP contribution in [0.4, 0.5) is 11.5 Å². The van der Waals surface area contributed by atoms with E-state index in [1.165, 1.54) is 18.2 Å². The highest BCUT2D eigenvalue weighted by Crippen LogP contribution is 2.31. The summed E-state index contributed by atoms with van der Waals surface area (Å²) in [6, 6.07) is 10.5. The summed E-state index contributed by atoms with van der Waals surface area (Å²) in [5, 5.41) is 6.06. The van der Waals surface area contributed by atoms with Gasteiger partial charge in [-0.25, -0.2) is 4.68 Å². The average molecular weight is 398 g/mol. The number of H-pyrrole nitrogens is 1. The molecule has 4 N–H and O–H groups in total. The Labute approximate surface area is 157 Å². The maximum atomic E-state index is 12.2. The summed E-state index contributed by atoms with van der Waals surface area (Å²) in [4.78, 5) is 24.4. The molecule has 6 nitrogen and oxygen atoms in total. The highest BCUT2D eigenvalue weighted by atomic mass is 35.5. The van der Waals surface area contributed by atoms with Crippen LogP contribution in [-0.2, 0) is 0 Å². The van der Waals surface area contributed by atoms with Crippen molar-refractivity contribution in [2.24, 2.45) is 0 Å². The molecule has 0 saturated carbocycles. The Morgan fingerprint density at radius 3 is 2.24 bits per heavy atom. The van der Waals surface area contributed by atoms with Crippen LogP contribution in [0.1, 0.15) is 10.4 Å². The maximum absolute atomic E-state index is 12.2. The van der Waals surface area contributed by atoms with E-state index in [0.29, 0.717) is 16.3 Å². The normalized spacial score (nSPS) is 10.7. The lowest BCUT2D eigenvalue weighted by Crippen LogP contribution is -2.14. The van der Waals surface area contributed by atoms with Gasteiger partial charge in [-0.15, -0.1) is 0 Å². The van der Waals surface area contributed by atoms with Crippen molar-refractivity contribution in [1.29, 1.82) is 0 Å². The molecular formula is C16H11Cl3N4O2. The van der Waals surface area contributed by atoms with E-state index in [1.807, 2.05) is 0 Å². The molecule has 1 aromatic heterocycles. The second kappa shape index (κ2) is 6.84. The fraction of sp³-hybridized carbons (Fsp3) is 0. The largest absolute Gasteiger partial charge is 0.399 e. The molecule has 1 amide bonds. The minimum absolute atomic E-state index is 0.189. The molecule has 2 aromatic carbocycles. The molecule has 3 aromatic rings. The first-order valence-corrected chi connectivity index (χ1v) is 8.12. The highest BCUT2D eigenvalue weighted by molar-refractivity contribution is 6.40. The predicted molar refractivity (Wildman–Crippen MR) is 100 cm³/mol. The summed E-state index contributed by atoms with van der Waals surface area (Å²) in [6.07, 6.45) is 0. The molecule has 0 bridgehead atoms. The second-order valence-electron chi connectivity index (χ2n) is 5.14. The van der Waals surface area contributed by atoms with E-state index in [2.05, 4.69) is 10.4 Å². The fourth-order valence-electron chi connectivity index (χ4n) is 2.20. The average Bonchev–Trinajstić information content (AvgIpc) is 2.87. The van der Waals surface area contributed by atoms with E-state index in [0.717, 1.165) is 4.68 Å². The number of aromatic nitrogens is 2. The SMILES string of the molecule is Nc1ccc(C(=O)Nc2cc(=O)n(-c3c(Cl)cc(Cl)cc3Cl)[nH]2)cc1. The van der Waals surface area contributed by atoms with Gasteiger partial charge < -0.3 is 11.1 Å². The van der Waals surface area contributed by atoms with Crippen molar-refractivity contribution in [2.45, 2.75) is 0 Å². The first-order chi connectivity index (χ1) is 11.8. The number of nitrogen functional groups attached to an aromatic ring is 1. The topological polar surface area (TPSA) is 92.9 Å². The van der Waals surface area contributed by atoms with Crippen LogP contribution in [0.2, 0.25) is 15.1 Å². The molecule has 1 heterocycles. The third-order valence-electron chi connectivity index (χ3n) is 3.35. The van der Waals surface area contributed by atoms with Crippen LogP contribution in [0.3, 0.4) is 0 Å². The van der Waals surface area contributed by atoms with Crippen molar-refractivity contribution < 1.29 is 4.79 Å². The number of benzene rings is 2. The molecule has 0 aliphatic heterocycles. The van der Waals surface area contributed by atoms with Gasteiger partial charge in [0.1, 0.15) is 11.5 Å². The summed E-state index contributed by atoms with van der Waals surface area (Å²) in [5.41, 5.74) is 6.32. The molecule has 0 saturated heterocycles. The van der Waals surface area contributed by atoms with Gasteiger partial charge in [-0.1, -0.05) is 34.8 Å². The highest BCUT2D eigenvalue weighted by Gasteiger charge is 2.15. The van der Waals surface area contributed by atoms with E-state index in [1.54, 1.807) is 24.3 Å². The first kappa shape index (κ1) is 17.4. The Kier molecular flexibility index (Phi) is 4.76. The number of nitrogens with one attached hydrogen (secondary N) is 2. The van der Waals surface area contributed by atoms with Crippen molar-refractivity contribution in [3.05, 3.63) is 73.4 Å². The predicted octanol–water partition coefficient (Wildman–Crippen LogP) is 3.96. The quantitative estimate of drug-likeness (QED) is 0.584. The Bertz CT molecular complexity index is 986. The Balaban J connectivity index is 1.92. The second-order valence-corrected chi connectivity index (χ2v) is 6.39. The van der Waals surface area contributed by atoms with Gasteiger partial charge in [0.15, 0.2) is 0 Å². The summed E-state index contributed by atoms with van der Waals surface area (Å²) >= 11 is 18.1. The number of amides is 1. The van der Waals surface area contributed by atoms with Gasteiger partial charge in [-0.3, -0.25) is 14.7 Å². The van der Waals surface area contributed by atoms with E-state index in [9.17, 15) is 9.59 Å². The van der Waals surface area contributed by atoms with E-state index >= 15 is 0 Å². The molecule has 0 spiro atoms. The molecule has 25 heavy (non-hydrogen) atoms. The number of aromatic amines is 1. The minimum Gasteiger partial charge on any atom is -0.399 e. The summed E-state index contributed by atoms with van der Waals surface area (Å²) in [6.45, 7) is 0. The molecule has 0 aliphatic carbocycles. The number of carbonyl (C=O) groups is 1. The third-order valence-corrected chi connectivity index (χ3v) is 4.14. The Morgan fingerprint density at radius 1 is 1.04 bits per heavy atom. The van der Waals surface area contributed by atoms with Crippen LogP contribution in [-0.4, -0.2) is 15.7 Å². The van der Waals surface area contributed by atoms with Gasteiger partial charge in [0, 0.05) is 22.3 Å². The number of rotatable bonds is 3. The van der Waals surface area contributed by atoms with Crippen molar-refractivity contribution in [3.63, 3.8) is 0 Å². The zero-order valence-corrected chi connectivity index (χ0v) is 14.8. The van der Waals surface area contributed by atoms with Crippen molar-refractivity contribution in [3.8, 4) is 5.69 Å². The van der Waals surface area contributed by atoms with E-state index < -0.39 is 11.5 Å². The number of nitrogens with two attached hydrogens (primary N) is 1. The summed E-state index contributed by atoms with van der Waals surface area (Å²) in [5.74, 6) is -0.212. The molecular weight excluding hydrogens is 387 g/mol. The number of halogens is 3. The maximum Gasteiger partial charge on any atom is 0.273 e. The standard InChI is InChI=1S/C16H11Cl3N4O2/c17-9-5-11(18)15(12(19)6-9)23-14(24)7-13(22-23)21-16(25)8-1-3-10(20)4-2-8/h1-7,22H,20H2,(H,21,25). The summed E-state index contributed by atoms with van der Waals surface area (Å²) in [7, 11) is 0. The lowest BCUT2D eigenvalue weighted by atomic mass is 10.2. The number of hydrogen-bond donors (Lipinski definition) is 3. The minimum atomic E-state index is -0.446. The number of anilines is 2. The molecule has 0 aliphatic rings. The van der Waals surface area contributed by atoms with Crippen LogP contribution < -0.4 is 16.6 Å². The number of nitrogens with zero attached hydrogens (tertiary/aromatic N) is 1. The molecule has 0 fully saturated rings. The molecule has 128 valence electrons. The number of carbonyl (C=O) groups excluding carboxylic acids is 1. The zero-order chi connectivity index (χ0) is 18.1. The van der Waals surface area contributed by atoms with Crippen LogP contribution in [0.25, 0.3) is 5.69 Å². The van der Waals surface area contributed by atoms with Gasteiger partial charge in [0.05, 0.1) is 10.0 Å². The van der Waals surface area contributed by atoms with Crippen LogP contribution in [0, 0.1) is 0 Å². The van der Waals surface area contributed by atoms with Gasteiger partial charge in [0.2, 0.25) is 0 Å². The molecule has 9 heteroatoms. The van der Waals surface area contributed by atoms with Crippen molar-refractivity contribution in [2.75, 3.05) is 11.1 Å². The Morgan fingerprint density at radius 2 is 1.64 bits per heavy atom. The first-order valence-electron chi connectivity index (χ1n) is 6.99. The lowest BCUT2D eigenvalue weighted by Gasteiger charge is -2.08. The van der Waals surface area contributed by atoms with Gasteiger partial charge in [-0.2, -0.15) is 0 Å².